The van der Waals surface area contributed by atoms with Gasteiger partial charge in [0, 0.05) is 22.8 Å². The van der Waals surface area contributed by atoms with E-state index in [0.29, 0.717) is 24.5 Å². The lowest BCUT2D eigenvalue weighted by atomic mass is 10.4. The molecule has 0 aliphatic rings. The summed E-state index contributed by atoms with van der Waals surface area (Å²) in [4.78, 5) is 2.17. The fraction of sp³-hybridized carbons (Fsp3) is 0.267. The van der Waals surface area contributed by atoms with E-state index >= 15 is 0 Å². The molecule has 0 atom stereocenters. The van der Waals surface area contributed by atoms with Crippen molar-refractivity contribution in [2.24, 2.45) is 0 Å². The van der Waals surface area contributed by atoms with E-state index in [1.54, 1.807) is 36.5 Å². The zero-order valence-electron chi connectivity index (χ0n) is 12.7. The van der Waals surface area contributed by atoms with Crippen LogP contribution in [-0.4, -0.2) is 17.9 Å². The number of nitrogens with zero attached hydrogens (tertiary/aromatic N) is 2. The van der Waals surface area contributed by atoms with Crippen LogP contribution < -0.4 is 0 Å². The smallest absolute Gasteiger partial charge is 0.249 e. The Hall–Kier alpha value is -1.48. The van der Waals surface area contributed by atoms with Gasteiger partial charge in [0.2, 0.25) is 10.0 Å². The average molecular weight is 369 g/mol. The fourth-order valence-electron chi connectivity index (χ4n) is 2.35. The second-order valence-corrected chi connectivity index (χ2v) is 9.02. The molecule has 0 aliphatic carbocycles. The summed E-state index contributed by atoms with van der Waals surface area (Å²) in [6, 6.07) is 7.72. The van der Waals surface area contributed by atoms with Crippen molar-refractivity contribution in [3.8, 4) is 0 Å². The molecule has 5 nitrogen and oxygen atoms in total. The van der Waals surface area contributed by atoms with Crippen molar-refractivity contribution < 1.29 is 12.9 Å². The monoisotopic (exact) mass is 368 g/mol. The molecule has 0 radical (unpaired) electrons. The second-order valence-electron chi connectivity index (χ2n) is 5.09. The zero-order chi connectivity index (χ0) is 16.4. The van der Waals surface area contributed by atoms with Gasteiger partial charge < -0.3 is 4.52 Å². The summed E-state index contributed by atoms with van der Waals surface area (Å²) in [5, 5.41) is 7.67. The number of hydrogen-bond acceptors (Lipinski definition) is 6. The highest BCUT2D eigenvalue weighted by atomic mass is 32.2. The maximum Gasteiger partial charge on any atom is 0.249 e. The van der Waals surface area contributed by atoms with Crippen molar-refractivity contribution in [3.05, 3.63) is 56.2 Å². The summed E-state index contributed by atoms with van der Waals surface area (Å²) >= 11 is 3.09. The predicted octanol–water partition coefficient (Wildman–Crippen LogP) is 3.81. The molecule has 0 N–H and O–H groups in total. The minimum atomic E-state index is -3.68. The van der Waals surface area contributed by atoms with E-state index in [-0.39, 0.29) is 4.90 Å². The van der Waals surface area contributed by atoms with E-state index in [9.17, 15) is 8.42 Å². The molecular formula is C15H16N2O3S3. The predicted molar refractivity (Wildman–Crippen MR) is 91.0 cm³/mol. The Bertz CT molecular complexity index is 810. The highest BCUT2D eigenvalue weighted by Crippen LogP contribution is 2.28. The highest BCUT2D eigenvalue weighted by molar-refractivity contribution is 7.89. The van der Waals surface area contributed by atoms with Crippen LogP contribution in [-0.2, 0) is 23.1 Å². The van der Waals surface area contributed by atoms with Crippen LogP contribution in [0, 0.1) is 13.8 Å². The molecule has 3 aromatic rings. The van der Waals surface area contributed by atoms with Gasteiger partial charge in [-0.3, -0.25) is 0 Å². The summed E-state index contributed by atoms with van der Waals surface area (Å²) in [5.41, 5.74) is 0.393. The van der Waals surface area contributed by atoms with Crippen LogP contribution in [0.3, 0.4) is 0 Å². The molecule has 0 saturated heterocycles. The average Bonchev–Trinajstić information content (AvgIpc) is 3.21. The lowest BCUT2D eigenvalue weighted by Crippen LogP contribution is -2.30. The molecule has 0 bridgehead atoms. The molecule has 0 fully saturated rings. The van der Waals surface area contributed by atoms with Crippen LogP contribution in [0.1, 0.15) is 21.2 Å². The van der Waals surface area contributed by atoms with Gasteiger partial charge in [-0.05, 0) is 36.7 Å². The van der Waals surface area contributed by atoms with E-state index in [1.165, 1.54) is 4.31 Å². The summed E-state index contributed by atoms with van der Waals surface area (Å²) in [5.74, 6) is 0.324. The van der Waals surface area contributed by atoms with Gasteiger partial charge in [-0.2, -0.15) is 4.31 Å². The molecule has 0 spiro atoms. The fourth-order valence-corrected chi connectivity index (χ4v) is 5.64. The lowest BCUT2D eigenvalue weighted by molar-refractivity contribution is 0.386. The molecule has 0 aliphatic heterocycles. The maximum absolute atomic E-state index is 13.1. The van der Waals surface area contributed by atoms with E-state index < -0.39 is 10.0 Å². The molecule has 3 aromatic heterocycles. The first-order valence-corrected chi connectivity index (χ1v) is 10.2. The first kappa shape index (κ1) is 16.4. The Morgan fingerprint density at radius 1 is 1.09 bits per heavy atom. The number of hydrogen-bond donors (Lipinski definition) is 0. The summed E-state index contributed by atoms with van der Waals surface area (Å²) < 4.78 is 32.8. The molecule has 0 aromatic carbocycles. The van der Waals surface area contributed by atoms with Crippen molar-refractivity contribution in [2.45, 2.75) is 31.8 Å². The van der Waals surface area contributed by atoms with Crippen LogP contribution in [0.5, 0.6) is 0 Å². The molecule has 3 heterocycles. The van der Waals surface area contributed by atoms with Crippen molar-refractivity contribution >= 4 is 32.7 Å². The number of thiophene rings is 2. The summed E-state index contributed by atoms with van der Waals surface area (Å²) in [6.07, 6.45) is 0. The quantitative estimate of drug-likeness (QED) is 0.664. The van der Waals surface area contributed by atoms with E-state index in [1.807, 2.05) is 35.0 Å². The Morgan fingerprint density at radius 3 is 2.04 bits per heavy atom. The van der Waals surface area contributed by atoms with Gasteiger partial charge in [-0.1, -0.05) is 17.3 Å². The van der Waals surface area contributed by atoms with Crippen molar-refractivity contribution in [1.82, 2.24) is 9.46 Å². The van der Waals surface area contributed by atoms with Gasteiger partial charge in [0.25, 0.3) is 0 Å². The molecule has 0 amide bonds. The van der Waals surface area contributed by atoms with E-state index in [0.717, 1.165) is 9.75 Å². The molecule has 3 rings (SSSR count). The molecular weight excluding hydrogens is 352 g/mol. The van der Waals surface area contributed by atoms with Crippen LogP contribution in [0.25, 0.3) is 0 Å². The molecule has 122 valence electrons. The third-order valence-corrected chi connectivity index (χ3v) is 7.15. The first-order valence-electron chi connectivity index (χ1n) is 6.96. The van der Waals surface area contributed by atoms with Crippen molar-refractivity contribution in [1.29, 1.82) is 0 Å². The summed E-state index contributed by atoms with van der Waals surface area (Å²) in [7, 11) is -3.68. The molecule has 23 heavy (non-hydrogen) atoms. The van der Waals surface area contributed by atoms with Crippen LogP contribution in [0.2, 0.25) is 0 Å². The Labute approximate surface area is 143 Å². The minimum Gasteiger partial charge on any atom is -0.360 e. The van der Waals surface area contributed by atoms with Crippen LogP contribution >= 0.6 is 22.7 Å². The molecule has 8 heteroatoms. The van der Waals surface area contributed by atoms with Gasteiger partial charge in [0.05, 0.1) is 0 Å². The SMILES string of the molecule is Cc1noc(C)c1S(=O)(=O)N(Cc1cccs1)Cc1cccs1. The standard InChI is InChI=1S/C15H16N2O3S3/c1-11-15(12(2)20-16-11)23(18,19)17(9-13-5-3-7-21-13)10-14-6-4-8-22-14/h3-8H,9-10H2,1-2H3. The number of aromatic nitrogens is 1. The van der Waals surface area contributed by atoms with Crippen LogP contribution in [0.15, 0.2) is 44.4 Å². The second kappa shape index (κ2) is 6.56. The number of sulfonamides is 1. The Balaban J connectivity index is 1.99. The van der Waals surface area contributed by atoms with Gasteiger partial charge in [-0.15, -0.1) is 22.7 Å². The lowest BCUT2D eigenvalue weighted by Gasteiger charge is -2.20. The van der Waals surface area contributed by atoms with E-state index in [2.05, 4.69) is 5.16 Å². The largest absolute Gasteiger partial charge is 0.360 e. The van der Waals surface area contributed by atoms with Crippen molar-refractivity contribution in [2.75, 3.05) is 0 Å². The third kappa shape index (κ3) is 3.40. The Morgan fingerprint density at radius 2 is 1.65 bits per heavy atom. The van der Waals surface area contributed by atoms with Crippen molar-refractivity contribution in [3.63, 3.8) is 0 Å². The highest BCUT2D eigenvalue weighted by Gasteiger charge is 2.31. The van der Waals surface area contributed by atoms with Gasteiger partial charge in [0.15, 0.2) is 5.76 Å². The van der Waals surface area contributed by atoms with Crippen LogP contribution in [0.4, 0.5) is 0 Å². The summed E-state index contributed by atoms with van der Waals surface area (Å²) in [6.45, 7) is 3.95. The third-order valence-electron chi connectivity index (χ3n) is 3.39. The minimum absolute atomic E-state index is 0.172. The maximum atomic E-state index is 13.1. The molecule has 0 saturated carbocycles. The number of rotatable bonds is 6. The van der Waals surface area contributed by atoms with E-state index in [4.69, 9.17) is 4.52 Å². The molecule has 0 unspecified atom stereocenters. The van der Waals surface area contributed by atoms with Gasteiger partial charge in [0.1, 0.15) is 10.6 Å². The Kier molecular flexibility index (Phi) is 4.67. The van der Waals surface area contributed by atoms with Gasteiger partial charge >= 0.3 is 0 Å². The van der Waals surface area contributed by atoms with Gasteiger partial charge in [-0.25, -0.2) is 8.42 Å². The first-order chi connectivity index (χ1) is 11.0. The normalized spacial score (nSPS) is 12.1. The topological polar surface area (TPSA) is 63.4 Å². The zero-order valence-corrected chi connectivity index (χ0v) is 15.2. The number of aryl methyl sites for hydroxylation is 2.